The SMILES string of the molecule is COc1ccc(NC(=O)[C@]2(C)CC2(Cl)Cl)cc1F. The number of nitrogens with one attached hydrogen (secondary N) is 1. The summed E-state index contributed by atoms with van der Waals surface area (Å²) in [5, 5.41) is 2.59. The lowest BCUT2D eigenvalue weighted by atomic mass is 10.1. The quantitative estimate of drug-likeness (QED) is 0.868. The Bertz CT molecular complexity index is 507. The van der Waals surface area contributed by atoms with Crippen LogP contribution in [0.2, 0.25) is 0 Å². The third-order valence-electron chi connectivity index (χ3n) is 3.17. The zero-order chi connectivity index (χ0) is 13.6. The normalized spacial score (nSPS) is 24.5. The summed E-state index contributed by atoms with van der Waals surface area (Å²) >= 11 is 11.8. The maximum Gasteiger partial charge on any atom is 0.233 e. The maximum absolute atomic E-state index is 13.4. The van der Waals surface area contributed by atoms with E-state index in [1.165, 1.54) is 19.2 Å². The van der Waals surface area contributed by atoms with Crippen LogP contribution in [0.25, 0.3) is 0 Å². The van der Waals surface area contributed by atoms with E-state index in [0.29, 0.717) is 12.1 Å². The number of anilines is 1. The lowest BCUT2D eigenvalue weighted by Crippen LogP contribution is -2.25. The zero-order valence-electron chi connectivity index (χ0n) is 9.89. The van der Waals surface area contributed by atoms with Gasteiger partial charge in [0.25, 0.3) is 0 Å². The number of halogens is 3. The summed E-state index contributed by atoms with van der Waals surface area (Å²) in [6.07, 6.45) is 0.383. The molecule has 0 aromatic heterocycles. The molecule has 1 fully saturated rings. The fraction of sp³-hybridized carbons (Fsp3) is 0.417. The Morgan fingerprint density at radius 3 is 2.56 bits per heavy atom. The molecule has 1 aromatic carbocycles. The molecule has 1 aromatic rings. The van der Waals surface area contributed by atoms with Gasteiger partial charge in [0, 0.05) is 11.8 Å². The molecule has 1 saturated carbocycles. The smallest absolute Gasteiger partial charge is 0.233 e. The highest BCUT2D eigenvalue weighted by Gasteiger charge is 2.67. The van der Waals surface area contributed by atoms with Gasteiger partial charge in [0.1, 0.15) is 4.33 Å². The van der Waals surface area contributed by atoms with Crippen LogP contribution in [0.4, 0.5) is 10.1 Å². The van der Waals surface area contributed by atoms with Gasteiger partial charge < -0.3 is 10.1 Å². The standard InChI is InChI=1S/C12H12Cl2FNO2/c1-11(6-12(11,13)14)10(17)16-7-3-4-9(18-2)8(15)5-7/h3-5H,6H2,1-2H3,(H,16,17)/t11-/m0/s1. The van der Waals surface area contributed by atoms with E-state index in [9.17, 15) is 9.18 Å². The molecule has 0 spiro atoms. The Balaban J connectivity index is 2.11. The number of ether oxygens (including phenoxy) is 1. The average Bonchev–Trinajstić information content (AvgIpc) is 2.80. The van der Waals surface area contributed by atoms with Crippen molar-refractivity contribution in [3.05, 3.63) is 24.0 Å². The van der Waals surface area contributed by atoms with E-state index in [4.69, 9.17) is 27.9 Å². The second-order valence-corrected chi connectivity index (χ2v) is 6.00. The summed E-state index contributed by atoms with van der Waals surface area (Å²) in [5.41, 5.74) is -0.484. The predicted molar refractivity (Wildman–Crippen MR) is 68.7 cm³/mol. The average molecular weight is 292 g/mol. The third kappa shape index (κ3) is 2.15. The topological polar surface area (TPSA) is 38.3 Å². The first kappa shape index (κ1) is 13.4. The van der Waals surface area contributed by atoms with E-state index in [1.807, 2.05) is 0 Å². The van der Waals surface area contributed by atoms with Crippen molar-refractivity contribution in [3.63, 3.8) is 0 Å². The van der Waals surface area contributed by atoms with Crippen molar-refractivity contribution >= 4 is 34.8 Å². The van der Waals surface area contributed by atoms with Crippen LogP contribution in [0, 0.1) is 11.2 Å². The highest BCUT2D eigenvalue weighted by Crippen LogP contribution is 2.64. The van der Waals surface area contributed by atoms with Crippen LogP contribution in [0.5, 0.6) is 5.75 Å². The predicted octanol–water partition coefficient (Wildman–Crippen LogP) is 3.36. The number of amides is 1. The van der Waals surface area contributed by atoms with Crippen LogP contribution in [0.15, 0.2) is 18.2 Å². The number of hydrogen-bond donors (Lipinski definition) is 1. The monoisotopic (exact) mass is 291 g/mol. The molecule has 1 amide bonds. The molecule has 2 rings (SSSR count). The van der Waals surface area contributed by atoms with Crippen molar-refractivity contribution in [2.24, 2.45) is 5.41 Å². The molecular weight excluding hydrogens is 280 g/mol. The summed E-state index contributed by atoms with van der Waals surface area (Å²) in [6.45, 7) is 1.67. The third-order valence-corrected chi connectivity index (χ3v) is 4.27. The van der Waals surface area contributed by atoms with Crippen molar-refractivity contribution in [3.8, 4) is 5.75 Å². The van der Waals surface area contributed by atoms with E-state index in [1.54, 1.807) is 13.0 Å². The Hall–Kier alpha value is -1.00. The fourth-order valence-electron chi connectivity index (χ4n) is 1.66. The van der Waals surface area contributed by atoms with Gasteiger partial charge in [0.05, 0.1) is 12.5 Å². The maximum atomic E-state index is 13.4. The van der Waals surface area contributed by atoms with Crippen molar-refractivity contribution in [1.29, 1.82) is 0 Å². The second-order valence-electron chi connectivity index (χ2n) is 4.52. The summed E-state index contributed by atoms with van der Waals surface area (Å²) in [7, 11) is 1.37. The summed E-state index contributed by atoms with van der Waals surface area (Å²) in [6, 6.07) is 4.18. The molecule has 1 atom stereocenters. The number of hydrogen-bond acceptors (Lipinski definition) is 2. The van der Waals surface area contributed by atoms with Gasteiger partial charge in [-0.2, -0.15) is 0 Å². The van der Waals surface area contributed by atoms with Gasteiger partial charge in [-0.3, -0.25) is 4.79 Å². The minimum atomic E-state index is -1.04. The molecule has 0 heterocycles. The Morgan fingerprint density at radius 1 is 1.50 bits per heavy atom. The van der Waals surface area contributed by atoms with E-state index in [-0.39, 0.29) is 11.7 Å². The molecule has 1 aliphatic rings. The van der Waals surface area contributed by atoms with Crippen LogP contribution in [0.1, 0.15) is 13.3 Å². The Kier molecular flexibility index (Phi) is 3.19. The highest BCUT2D eigenvalue weighted by molar-refractivity contribution is 6.53. The minimum absolute atomic E-state index is 0.120. The van der Waals surface area contributed by atoms with Crippen LogP contribution in [0.3, 0.4) is 0 Å². The van der Waals surface area contributed by atoms with E-state index >= 15 is 0 Å². The highest BCUT2D eigenvalue weighted by atomic mass is 35.5. The van der Waals surface area contributed by atoms with Crippen LogP contribution in [-0.2, 0) is 4.79 Å². The molecule has 3 nitrogen and oxygen atoms in total. The first-order valence-corrected chi connectivity index (χ1v) is 6.08. The largest absolute Gasteiger partial charge is 0.494 e. The Morgan fingerprint density at radius 2 is 2.11 bits per heavy atom. The number of carbonyl (C=O) groups excluding carboxylic acids is 1. The van der Waals surface area contributed by atoms with Crippen LogP contribution >= 0.6 is 23.2 Å². The van der Waals surface area contributed by atoms with Crippen LogP contribution < -0.4 is 10.1 Å². The van der Waals surface area contributed by atoms with E-state index < -0.39 is 15.6 Å². The van der Waals surface area contributed by atoms with Gasteiger partial charge in [-0.25, -0.2) is 4.39 Å². The van der Waals surface area contributed by atoms with Crippen molar-refractivity contribution in [2.75, 3.05) is 12.4 Å². The lowest BCUT2D eigenvalue weighted by molar-refractivity contribution is -0.120. The van der Waals surface area contributed by atoms with Crippen LogP contribution in [-0.4, -0.2) is 17.4 Å². The number of methoxy groups -OCH3 is 1. The summed E-state index contributed by atoms with van der Waals surface area (Å²) in [5.74, 6) is -0.744. The molecule has 1 aliphatic carbocycles. The molecule has 0 aliphatic heterocycles. The zero-order valence-corrected chi connectivity index (χ0v) is 11.4. The molecule has 18 heavy (non-hydrogen) atoms. The Labute approximate surface area is 114 Å². The fourth-order valence-corrected chi connectivity index (χ4v) is 2.37. The molecule has 0 saturated heterocycles. The first-order valence-electron chi connectivity index (χ1n) is 5.33. The van der Waals surface area contributed by atoms with Gasteiger partial charge in [-0.1, -0.05) is 0 Å². The first-order chi connectivity index (χ1) is 8.30. The van der Waals surface area contributed by atoms with Gasteiger partial charge in [0.15, 0.2) is 11.6 Å². The minimum Gasteiger partial charge on any atom is -0.494 e. The molecule has 6 heteroatoms. The van der Waals surface area contributed by atoms with Gasteiger partial charge >= 0.3 is 0 Å². The number of alkyl halides is 2. The van der Waals surface area contributed by atoms with Crippen molar-refractivity contribution in [2.45, 2.75) is 17.7 Å². The number of carbonyl (C=O) groups is 1. The second kappa shape index (κ2) is 4.28. The molecule has 98 valence electrons. The molecule has 0 radical (unpaired) electrons. The van der Waals surface area contributed by atoms with Gasteiger partial charge in [0.2, 0.25) is 5.91 Å². The molecular formula is C12H12Cl2FNO2. The van der Waals surface area contributed by atoms with Crippen molar-refractivity contribution in [1.82, 2.24) is 0 Å². The van der Waals surface area contributed by atoms with Gasteiger partial charge in [-0.05, 0) is 25.5 Å². The molecule has 0 bridgehead atoms. The van der Waals surface area contributed by atoms with E-state index in [2.05, 4.69) is 5.32 Å². The van der Waals surface area contributed by atoms with E-state index in [0.717, 1.165) is 0 Å². The van der Waals surface area contributed by atoms with Crippen molar-refractivity contribution < 1.29 is 13.9 Å². The molecule has 1 N–H and O–H groups in total. The number of rotatable bonds is 3. The molecule has 0 unspecified atom stereocenters. The lowest BCUT2D eigenvalue weighted by Gasteiger charge is -2.13. The summed E-state index contributed by atoms with van der Waals surface area (Å²) in [4.78, 5) is 11.9. The van der Waals surface area contributed by atoms with Gasteiger partial charge in [-0.15, -0.1) is 23.2 Å². The number of benzene rings is 1. The summed E-state index contributed by atoms with van der Waals surface area (Å²) < 4.78 is 17.2.